The third-order valence-electron chi connectivity index (χ3n) is 1.65. The van der Waals surface area contributed by atoms with E-state index in [1.165, 1.54) is 4.68 Å². The Kier molecular flexibility index (Phi) is 3.99. The largest absolute Gasteiger partial charge is 0.383 e. The Morgan fingerprint density at radius 1 is 1.64 bits per heavy atom. The average Bonchev–Trinajstić information content (AvgIpc) is 2.52. The summed E-state index contributed by atoms with van der Waals surface area (Å²) in [5, 5.41) is 13.4. The highest BCUT2D eigenvalue weighted by molar-refractivity contribution is 5.77. The SMILES string of the molecule is COCCNC(=O)Cc1nnnn1C. The highest BCUT2D eigenvalue weighted by Crippen LogP contribution is 1.89. The van der Waals surface area contributed by atoms with Crippen molar-refractivity contribution in [3.63, 3.8) is 0 Å². The van der Waals surface area contributed by atoms with Gasteiger partial charge in [-0.1, -0.05) is 0 Å². The van der Waals surface area contributed by atoms with Crippen LogP contribution in [0.2, 0.25) is 0 Å². The molecule has 0 fully saturated rings. The van der Waals surface area contributed by atoms with Gasteiger partial charge in [-0.25, -0.2) is 4.68 Å². The van der Waals surface area contributed by atoms with Crippen LogP contribution in [0.1, 0.15) is 5.82 Å². The van der Waals surface area contributed by atoms with Crippen molar-refractivity contribution in [3.05, 3.63) is 5.82 Å². The molecule has 0 bridgehead atoms. The molecular weight excluding hydrogens is 186 g/mol. The molecule has 0 spiro atoms. The number of nitrogens with one attached hydrogen (secondary N) is 1. The smallest absolute Gasteiger partial charge is 0.227 e. The van der Waals surface area contributed by atoms with Crippen LogP contribution in [0, 0.1) is 0 Å². The van der Waals surface area contributed by atoms with Crippen LogP contribution in [0.4, 0.5) is 0 Å². The van der Waals surface area contributed by atoms with Gasteiger partial charge >= 0.3 is 0 Å². The van der Waals surface area contributed by atoms with Gasteiger partial charge in [0, 0.05) is 20.7 Å². The lowest BCUT2D eigenvalue weighted by Gasteiger charge is -2.02. The van der Waals surface area contributed by atoms with Gasteiger partial charge in [0.25, 0.3) is 0 Å². The summed E-state index contributed by atoms with van der Waals surface area (Å²) in [6.45, 7) is 1.00. The zero-order valence-corrected chi connectivity index (χ0v) is 8.23. The minimum Gasteiger partial charge on any atom is -0.383 e. The molecule has 0 saturated carbocycles. The lowest BCUT2D eigenvalue weighted by atomic mass is 10.4. The van der Waals surface area contributed by atoms with E-state index in [9.17, 15) is 4.79 Å². The Balaban J connectivity index is 2.31. The number of aryl methyl sites for hydroxylation is 1. The maximum Gasteiger partial charge on any atom is 0.227 e. The first-order chi connectivity index (χ1) is 6.74. The molecule has 78 valence electrons. The molecule has 1 aromatic rings. The van der Waals surface area contributed by atoms with Gasteiger partial charge in [0.05, 0.1) is 13.0 Å². The van der Waals surface area contributed by atoms with Crippen molar-refractivity contribution < 1.29 is 9.53 Å². The lowest BCUT2D eigenvalue weighted by molar-refractivity contribution is -0.120. The second kappa shape index (κ2) is 5.28. The predicted octanol–water partition coefficient (Wildman–Crippen LogP) is -1.48. The van der Waals surface area contributed by atoms with Gasteiger partial charge in [0.1, 0.15) is 0 Å². The molecule has 14 heavy (non-hydrogen) atoms. The maximum absolute atomic E-state index is 11.3. The van der Waals surface area contributed by atoms with Crippen LogP contribution in [0.3, 0.4) is 0 Å². The number of nitrogens with zero attached hydrogens (tertiary/aromatic N) is 4. The fourth-order valence-corrected chi connectivity index (χ4v) is 0.896. The van der Waals surface area contributed by atoms with E-state index in [-0.39, 0.29) is 12.3 Å². The van der Waals surface area contributed by atoms with Crippen LogP contribution in [-0.2, 0) is 23.0 Å². The number of hydrogen-bond acceptors (Lipinski definition) is 5. The lowest BCUT2D eigenvalue weighted by Crippen LogP contribution is -2.29. The summed E-state index contributed by atoms with van der Waals surface area (Å²) in [4.78, 5) is 11.3. The molecule has 0 aliphatic rings. The first-order valence-electron chi connectivity index (χ1n) is 4.21. The van der Waals surface area contributed by atoms with Crippen LogP contribution in [0.15, 0.2) is 0 Å². The number of methoxy groups -OCH3 is 1. The summed E-state index contributed by atoms with van der Waals surface area (Å²) < 4.78 is 6.26. The van der Waals surface area contributed by atoms with Crippen molar-refractivity contribution in [2.75, 3.05) is 20.3 Å². The van der Waals surface area contributed by atoms with E-state index in [4.69, 9.17) is 4.74 Å². The van der Waals surface area contributed by atoms with E-state index in [0.29, 0.717) is 19.0 Å². The molecule has 0 aliphatic carbocycles. The Hall–Kier alpha value is -1.50. The number of ether oxygens (including phenoxy) is 1. The summed E-state index contributed by atoms with van der Waals surface area (Å²) in [6.07, 6.45) is 0.188. The fraction of sp³-hybridized carbons (Fsp3) is 0.714. The standard InChI is InChI=1S/C7H13N5O2/c1-12-6(9-10-11-12)5-7(13)8-3-4-14-2/h3-5H2,1-2H3,(H,8,13). The van der Waals surface area contributed by atoms with Gasteiger partial charge in [0.15, 0.2) is 5.82 Å². The van der Waals surface area contributed by atoms with Crippen LogP contribution >= 0.6 is 0 Å². The Labute approximate surface area is 81.4 Å². The van der Waals surface area contributed by atoms with Gasteiger partial charge in [-0.2, -0.15) is 0 Å². The summed E-state index contributed by atoms with van der Waals surface area (Å²) in [5.74, 6) is 0.430. The third-order valence-corrected chi connectivity index (χ3v) is 1.65. The monoisotopic (exact) mass is 199 g/mol. The third kappa shape index (κ3) is 3.09. The van der Waals surface area contributed by atoms with Crippen LogP contribution in [0.25, 0.3) is 0 Å². The quantitative estimate of drug-likeness (QED) is 0.584. The van der Waals surface area contributed by atoms with Gasteiger partial charge < -0.3 is 10.1 Å². The molecule has 1 amide bonds. The average molecular weight is 199 g/mol. The summed E-state index contributed by atoms with van der Waals surface area (Å²) in [6, 6.07) is 0. The molecule has 1 N–H and O–H groups in total. The number of carbonyl (C=O) groups excluding carboxylic acids is 1. The molecule has 0 saturated heterocycles. The number of rotatable bonds is 5. The highest BCUT2D eigenvalue weighted by Gasteiger charge is 2.07. The predicted molar refractivity (Wildman–Crippen MR) is 47.4 cm³/mol. The van der Waals surface area contributed by atoms with Crippen LogP contribution in [0.5, 0.6) is 0 Å². The normalized spacial score (nSPS) is 10.1. The van der Waals surface area contributed by atoms with Crippen molar-refractivity contribution in [1.82, 2.24) is 25.5 Å². The molecule has 0 aromatic carbocycles. The highest BCUT2D eigenvalue weighted by atomic mass is 16.5. The van der Waals surface area contributed by atoms with Gasteiger partial charge in [-0.15, -0.1) is 5.10 Å². The van der Waals surface area contributed by atoms with Gasteiger partial charge in [-0.3, -0.25) is 4.79 Å². The van der Waals surface area contributed by atoms with Crippen molar-refractivity contribution in [2.24, 2.45) is 7.05 Å². The van der Waals surface area contributed by atoms with Crippen LogP contribution < -0.4 is 5.32 Å². The van der Waals surface area contributed by atoms with Gasteiger partial charge in [0.2, 0.25) is 5.91 Å². The second-order valence-electron chi connectivity index (χ2n) is 2.74. The number of hydrogen-bond donors (Lipinski definition) is 1. The Morgan fingerprint density at radius 3 is 3.00 bits per heavy atom. The number of aromatic nitrogens is 4. The first kappa shape index (κ1) is 10.6. The molecule has 0 radical (unpaired) electrons. The zero-order chi connectivity index (χ0) is 10.4. The maximum atomic E-state index is 11.3. The summed E-state index contributed by atoms with van der Waals surface area (Å²) in [7, 11) is 3.27. The zero-order valence-electron chi connectivity index (χ0n) is 8.23. The van der Waals surface area contributed by atoms with Crippen molar-refractivity contribution in [2.45, 2.75) is 6.42 Å². The van der Waals surface area contributed by atoms with E-state index >= 15 is 0 Å². The summed E-state index contributed by atoms with van der Waals surface area (Å²) in [5.41, 5.74) is 0. The van der Waals surface area contributed by atoms with E-state index in [2.05, 4.69) is 20.8 Å². The van der Waals surface area contributed by atoms with Crippen molar-refractivity contribution in [1.29, 1.82) is 0 Å². The van der Waals surface area contributed by atoms with E-state index in [0.717, 1.165) is 0 Å². The van der Waals surface area contributed by atoms with Crippen molar-refractivity contribution in [3.8, 4) is 0 Å². The van der Waals surface area contributed by atoms with E-state index in [1.54, 1.807) is 14.2 Å². The topological polar surface area (TPSA) is 81.9 Å². The molecule has 1 aromatic heterocycles. The van der Waals surface area contributed by atoms with E-state index < -0.39 is 0 Å². The molecule has 1 heterocycles. The molecule has 0 atom stereocenters. The number of carbonyl (C=O) groups is 1. The number of amides is 1. The number of tetrazole rings is 1. The molecule has 7 heteroatoms. The minimum absolute atomic E-state index is 0.111. The molecule has 0 unspecified atom stereocenters. The molecule has 1 rings (SSSR count). The minimum atomic E-state index is -0.111. The Bertz CT molecular complexity index is 298. The first-order valence-corrected chi connectivity index (χ1v) is 4.21. The van der Waals surface area contributed by atoms with Crippen molar-refractivity contribution >= 4 is 5.91 Å². The summed E-state index contributed by atoms with van der Waals surface area (Å²) >= 11 is 0. The van der Waals surface area contributed by atoms with Gasteiger partial charge in [-0.05, 0) is 10.4 Å². The molecule has 0 aliphatic heterocycles. The molecule has 7 nitrogen and oxygen atoms in total. The fourth-order valence-electron chi connectivity index (χ4n) is 0.896. The molecular formula is C7H13N5O2. The second-order valence-corrected chi connectivity index (χ2v) is 2.74. The Morgan fingerprint density at radius 2 is 2.43 bits per heavy atom. The van der Waals surface area contributed by atoms with Crippen LogP contribution in [-0.4, -0.2) is 46.4 Å². The van der Waals surface area contributed by atoms with E-state index in [1.807, 2.05) is 0 Å².